The van der Waals surface area contributed by atoms with Crippen molar-refractivity contribution in [3.05, 3.63) is 53.4 Å². The SMILES string of the molecule is COc1ccc(-c2nnc(CNc3ccc(Cl)cc3)o2)cc1O. The second kappa shape index (κ2) is 6.58. The molecule has 6 nitrogen and oxygen atoms in total. The molecular formula is C16H14ClN3O3. The summed E-state index contributed by atoms with van der Waals surface area (Å²) in [5.41, 5.74) is 1.52. The molecule has 118 valence electrons. The number of benzene rings is 2. The van der Waals surface area contributed by atoms with Gasteiger partial charge in [-0.05, 0) is 42.5 Å². The van der Waals surface area contributed by atoms with Crippen LogP contribution >= 0.6 is 11.6 Å². The molecule has 7 heteroatoms. The molecule has 0 spiro atoms. The van der Waals surface area contributed by atoms with E-state index in [1.807, 2.05) is 12.1 Å². The Labute approximate surface area is 137 Å². The Morgan fingerprint density at radius 3 is 2.65 bits per heavy atom. The van der Waals surface area contributed by atoms with Gasteiger partial charge in [-0.2, -0.15) is 0 Å². The monoisotopic (exact) mass is 331 g/mol. The van der Waals surface area contributed by atoms with Gasteiger partial charge in [0.1, 0.15) is 0 Å². The Morgan fingerprint density at radius 1 is 1.17 bits per heavy atom. The van der Waals surface area contributed by atoms with Crippen LogP contribution in [0.3, 0.4) is 0 Å². The van der Waals surface area contributed by atoms with Gasteiger partial charge in [-0.15, -0.1) is 10.2 Å². The molecule has 3 rings (SSSR count). The van der Waals surface area contributed by atoms with Gasteiger partial charge in [0.25, 0.3) is 0 Å². The number of ether oxygens (including phenoxy) is 1. The number of aromatic nitrogens is 2. The largest absolute Gasteiger partial charge is 0.504 e. The summed E-state index contributed by atoms with van der Waals surface area (Å²) in [7, 11) is 1.49. The van der Waals surface area contributed by atoms with Crippen molar-refractivity contribution in [3.8, 4) is 23.0 Å². The number of nitrogens with zero attached hydrogens (tertiary/aromatic N) is 2. The first-order valence-electron chi connectivity index (χ1n) is 6.85. The van der Waals surface area contributed by atoms with Crippen LogP contribution in [-0.4, -0.2) is 22.4 Å². The maximum absolute atomic E-state index is 9.80. The molecule has 1 aromatic heterocycles. The summed E-state index contributed by atoms with van der Waals surface area (Å²) in [6.45, 7) is 0.386. The lowest BCUT2D eigenvalue weighted by Crippen LogP contribution is -1.99. The van der Waals surface area contributed by atoms with Crippen molar-refractivity contribution in [1.29, 1.82) is 0 Å². The van der Waals surface area contributed by atoms with Gasteiger partial charge in [0.15, 0.2) is 11.5 Å². The maximum atomic E-state index is 9.80. The minimum Gasteiger partial charge on any atom is -0.504 e. The number of phenols is 1. The first kappa shape index (κ1) is 15.2. The van der Waals surface area contributed by atoms with Crippen LogP contribution in [0.4, 0.5) is 5.69 Å². The zero-order valence-corrected chi connectivity index (χ0v) is 13.0. The van der Waals surface area contributed by atoms with Gasteiger partial charge in [0.2, 0.25) is 11.8 Å². The smallest absolute Gasteiger partial charge is 0.247 e. The van der Waals surface area contributed by atoms with Crippen molar-refractivity contribution in [2.75, 3.05) is 12.4 Å². The van der Waals surface area contributed by atoms with Gasteiger partial charge in [-0.3, -0.25) is 0 Å². The zero-order chi connectivity index (χ0) is 16.2. The Kier molecular flexibility index (Phi) is 4.34. The molecule has 0 saturated carbocycles. The molecule has 0 aliphatic heterocycles. The van der Waals surface area contributed by atoms with Crippen molar-refractivity contribution in [2.45, 2.75) is 6.54 Å². The summed E-state index contributed by atoms with van der Waals surface area (Å²) < 4.78 is 10.6. The number of hydrogen-bond acceptors (Lipinski definition) is 6. The average molecular weight is 332 g/mol. The summed E-state index contributed by atoms with van der Waals surface area (Å²) in [6.07, 6.45) is 0. The third kappa shape index (κ3) is 3.54. The highest BCUT2D eigenvalue weighted by molar-refractivity contribution is 6.30. The van der Waals surface area contributed by atoms with Gasteiger partial charge in [-0.25, -0.2) is 0 Å². The first-order valence-corrected chi connectivity index (χ1v) is 7.22. The summed E-state index contributed by atoms with van der Waals surface area (Å²) in [5, 5.41) is 21.6. The van der Waals surface area contributed by atoms with Crippen LogP contribution in [0.1, 0.15) is 5.89 Å². The van der Waals surface area contributed by atoms with Crippen LogP contribution in [0, 0.1) is 0 Å². The molecule has 0 amide bonds. The number of phenolic OH excluding ortho intramolecular Hbond substituents is 1. The van der Waals surface area contributed by atoms with Crippen molar-refractivity contribution in [1.82, 2.24) is 10.2 Å². The molecule has 2 aromatic carbocycles. The molecule has 1 heterocycles. The van der Waals surface area contributed by atoms with E-state index < -0.39 is 0 Å². The van der Waals surface area contributed by atoms with E-state index in [2.05, 4.69) is 15.5 Å². The predicted molar refractivity (Wildman–Crippen MR) is 86.7 cm³/mol. The summed E-state index contributed by atoms with van der Waals surface area (Å²) in [4.78, 5) is 0. The third-order valence-corrected chi connectivity index (χ3v) is 3.43. The Hall–Kier alpha value is -2.73. The fourth-order valence-electron chi connectivity index (χ4n) is 2.01. The Morgan fingerprint density at radius 2 is 1.96 bits per heavy atom. The van der Waals surface area contributed by atoms with E-state index in [1.54, 1.807) is 24.3 Å². The second-order valence-electron chi connectivity index (χ2n) is 4.75. The van der Waals surface area contributed by atoms with Crippen LogP contribution in [0.25, 0.3) is 11.5 Å². The topological polar surface area (TPSA) is 80.4 Å². The normalized spacial score (nSPS) is 10.5. The van der Waals surface area contributed by atoms with E-state index in [9.17, 15) is 5.11 Å². The van der Waals surface area contributed by atoms with Crippen LogP contribution in [0.2, 0.25) is 5.02 Å². The van der Waals surface area contributed by atoms with Crippen LogP contribution in [-0.2, 0) is 6.54 Å². The van der Waals surface area contributed by atoms with Crippen molar-refractivity contribution < 1.29 is 14.3 Å². The van der Waals surface area contributed by atoms with Crippen LogP contribution in [0.15, 0.2) is 46.9 Å². The first-order chi connectivity index (χ1) is 11.2. The second-order valence-corrected chi connectivity index (χ2v) is 5.18. The molecule has 0 saturated heterocycles. The standard InChI is InChI=1S/C16H14ClN3O3/c1-22-14-7-2-10(8-13(14)21)16-20-19-15(23-16)9-18-12-5-3-11(17)4-6-12/h2-8,18,21H,9H2,1H3. The number of aromatic hydroxyl groups is 1. The number of hydrogen-bond donors (Lipinski definition) is 2. The fourth-order valence-corrected chi connectivity index (χ4v) is 2.14. The highest BCUT2D eigenvalue weighted by Crippen LogP contribution is 2.30. The molecule has 0 atom stereocenters. The molecule has 0 aliphatic rings. The zero-order valence-electron chi connectivity index (χ0n) is 12.3. The lowest BCUT2D eigenvalue weighted by molar-refractivity contribution is 0.373. The van der Waals surface area contributed by atoms with Crippen LogP contribution in [0.5, 0.6) is 11.5 Å². The third-order valence-electron chi connectivity index (χ3n) is 3.18. The Bertz CT molecular complexity index is 803. The van der Waals surface area contributed by atoms with Crippen molar-refractivity contribution in [2.24, 2.45) is 0 Å². The molecule has 2 N–H and O–H groups in total. The highest BCUT2D eigenvalue weighted by Gasteiger charge is 2.11. The van der Waals surface area contributed by atoms with E-state index in [-0.39, 0.29) is 5.75 Å². The molecule has 0 bridgehead atoms. The van der Waals surface area contributed by atoms with Crippen molar-refractivity contribution in [3.63, 3.8) is 0 Å². The predicted octanol–water partition coefficient (Wildman–Crippen LogP) is 3.72. The van der Waals surface area contributed by atoms with Gasteiger partial charge >= 0.3 is 0 Å². The lowest BCUT2D eigenvalue weighted by Gasteiger charge is -2.04. The number of halogens is 1. The van der Waals surface area contributed by atoms with E-state index in [0.717, 1.165) is 5.69 Å². The molecule has 0 fully saturated rings. The van der Waals surface area contributed by atoms with Crippen molar-refractivity contribution >= 4 is 17.3 Å². The van der Waals surface area contributed by atoms with E-state index >= 15 is 0 Å². The van der Waals surface area contributed by atoms with Gasteiger partial charge < -0.3 is 19.6 Å². The fraction of sp³-hybridized carbons (Fsp3) is 0.125. The summed E-state index contributed by atoms with van der Waals surface area (Å²) in [5.74, 6) is 1.17. The van der Waals surface area contributed by atoms with Gasteiger partial charge in [-0.1, -0.05) is 11.6 Å². The molecular weight excluding hydrogens is 318 g/mol. The number of rotatable bonds is 5. The number of methoxy groups -OCH3 is 1. The molecule has 3 aromatic rings. The molecule has 0 unspecified atom stereocenters. The average Bonchev–Trinajstić information content (AvgIpc) is 3.03. The molecule has 0 radical (unpaired) electrons. The van der Waals surface area contributed by atoms with Gasteiger partial charge in [0, 0.05) is 16.3 Å². The molecule has 23 heavy (non-hydrogen) atoms. The number of anilines is 1. The lowest BCUT2D eigenvalue weighted by atomic mass is 10.2. The van der Waals surface area contributed by atoms with Crippen LogP contribution < -0.4 is 10.1 Å². The molecule has 0 aliphatic carbocycles. The number of nitrogens with one attached hydrogen (secondary N) is 1. The minimum absolute atomic E-state index is 0.0176. The highest BCUT2D eigenvalue weighted by atomic mass is 35.5. The quantitative estimate of drug-likeness (QED) is 0.741. The van der Waals surface area contributed by atoms with E-state index in [1.165, 1.54) is 13.2 Å². The van der Waals surface area contributed by atoms with E-state index in [4.69, 9.17) is 20.8 Å². The minimum atomic E-state index is 0.0176. The summed E-state index contributed by atoms with van der Waals surface area (Å²) >= 11 is 5.84. The Balaban J connectivity index is 1.70. The summed E-state index contributed by atoms with van der Waals surface area (Å²) in [6, 6.07) is 12.2. The van der Waals surface area contributed by atoms with E-state index in [0.29, 0.717) is 34.7 Å². The maximum Gasteiger partial charge on any atom is 0.247 e. The van der Waals surface area contributed by atoms with Gasteiger partial charge in [0.05, 0.1) is 13.7 Å².